The zero-order chi connectivity index (χ0) is 21.8. The van der Waals surface area contributed by atoms with E-state index in [2.05, 4.69) is 27.3 Å². The second-order valence-electron chi connectivity index (χ2n) is 7.83. The number of imidazole rings is 1. The van der Waals surface area contributed by atoms with Gasteiger partial charge in [0, 0.05) is 25.0 Å². The van der Waals surface area contributed by atoms with Gasteiger partial charge in [-0.2, -0.15) is 0 Å². The second kappa shape index (κ2) is 9.60. The summed E-state index contributed by atoms with van der Waals surface area (Å²) in [5, 5.41) is 5.23. The van der Waals surface area contributed by atoms with Crippen LogP contribution in [0.1, 0.15) is 11.6 Å². The van der Waals surface area contributed by atoms with E-state index in [1.807, 2.05) is 52.4 Å². The lowest BCUT2D eigenvalue weighted by atomic mass is 10.1. The van der Waals surface area contributed by atoms with Gasteiger partial charge in [-0.05, 0) is 17.7 Å². The molecule has 4 aromatic rings. The van der Waals surface area contributed by atoms with Crippen LogP contribution >= 0.6 is 11.3 Å². The standard InChI is InChI=1S/C24H25N5O2S/c30-23(26-20(18-6-2-1-3-7-18)14-28-10-12-31-13-11-28)15-29-22-9-5-4-8-19(22)27-24(29)21-16-32-17-25-21/h1-9,16-17,20H,10-15H2,(H,26,30)/t20-/m0/s1. The zero-order valence-electron chi connectivity index (χ0n) is 17.7. The lowest BCUT2D eigenvalue weighted by Gasteiger charge is -2.31. The largest absolute Gasteiger partial charge is 0.379 e. The van der Waals surface area contributed by atoms with Crippen molar-refractivity contribution in [1.29, 1.82) is 0 Å². The number of hydrogen-bond donors (Lipinski definition) is 1. The van der Waals surface area contributed by atoms with E-state index in [-0.39, 0.29) is 18.5 Å². The van der Waals surface area contributed by atoms with Crippen LogP contribution in [0.4, 0.5) is 0 Å². The number of nitrogens with zero attached hydrogens (tertiary/aromatic N) is 4. The molecule has 8 heteroatoms. The summed E-state index contributed by atoms with van der Waals surface area (Å²) in [6.45, 7) is 4.14. The van der Waals surface area contributed by atoms with Crippen molar-refractivity contribution >= 4 is 28.3 Å². The monoisotopic (exact) mass is 447 g/mol. The summed E-state index contributed by atoms with van der Waals surface area (Å²) in [5.74, 6) is 0.666. The smallest absolute Gasteiger partial charge is 0.240 e. The van der Waals surface area contributed by atoms with Crippen LogP contribution in [0.15, 0.2) is 65.5 Å². The Kier molecular flexibility index (Phi) is 6.24. The molecule has 1 N–H and O–H groups in total. The molecule has 0 aliphatic carbocycles. The Bertz CT molecular complexity index is 1170. The molecule has 0 unspecified atom stereocenters. The van der Waals surface area contributed by atoms with Crippen LogP contribution < -0.4 is 5.32 Å². The molecule has 5 rings (SSSR count). The van der Waals surface area contributed by atoms with Crippen LogP contribution in [0.2, 0.25) is 0 Å². The van der Waals surface area contributed by atoms with Crippen LogP contribution in [0.25, 0.3) is 22.6 Å². The number of benzene rings is 2. The lowest BCUT2D eigenvalue weighted by Crippen LogP contribution is -2.43. The molecule has 0 bridgehead atoms. The van der Waals surface area contributed by atoms with Crippen molar-refractivity contribution in [3.05, 3.63) is 71.1 Å². The molecule has 7 nitrogen and oxygen atoms in total. The minimum Gasteiger partial charge on any atom is -0.379 e. The molecular weight excluding hydrogens is 422 g/mol. The first-order valence-electron chi connectivity index (χ1n) is 10.8. The minimum atomic E-state index is -0.0979. The van der Waals surface area contributed by atoms with E-state index < -0.39 is 0 Å². The van der Waals surface area contributed by atoms with E-state index in [4.69, 9.17) is 9.72 Å². The summed E-state index contributed by atoms with van der Waals surface area (Å²) in [6.07, 6.45) is 0. The van der Waals surface area contributed by atoms with Crippen LogP contribution in [0, 0.1) is 0 Å². The zero-order valence-corrected chi connectivity index (χ0v) is 18.5. The van der Waals surface area contributed by atoms with Crippen molar-refractivity contribution in [2.24, 2.45) is 0 Å². The Morgan fingerprint density at radius 3 is 2.66 bits per heavy atom. The topological polar surface area (TPSA) is 72.3 Å². The number of nitrogens with one attached hydrogen (secondary N) is 1. The van der Waals surface area contributed by atoms with E-state index in [0.29, 0.717) is 5.82 Å². The number of thiazole rings is 1. The number of carbonyl (C=O) groups is 1. The number of aromatic nitrogens is 3. The van der Waals surface area contributed by atoms with Gasteiger partial charge in [0.2, 0.25) is 5.91 Å². The number of fused-ring (bicyclic) bond motifs is 1. The molecule has 3 heterocycles. The molecule has 1 aliphatic heterocycles. The molecule has 0 spiro atoms. The molecule has 0 radical (unpaired) electrons. The van der Waals surface area contributed by atoms with E-state index in [1.165, 1.54) is 11.3 Å². The minimum absolute atomic E-state index is 0.0493. The predicted molar refractivity (Wildman–Crippen MR) is 125 cm³/mol. The summed E-state index contributed by atoms with van der Waals surface area (Å²) >= 11 is 1.52. The van der Waals surface area contributed by atoms with Gasteiger partial charge >= 0.3 is 0 Å². The van der Waals surface area contributed by atoms with Gasteiger partial charge in [0.05, 0.1) is 35.8 Å². The van der Waals surface area contributed by atoms with Gasteiger partial charge < -0.3 is 14.6 Å². The highest BCUT2D eigenvalue weighted by atomic mass is 32.1. The summed E-state index contributed by atoms with van der Waals surface area (Å²) in [6, 6.07) is 17.9. The molecule has 1 atom stereocenters. The maximum absolute atomic E-state index is 13.3. The van der Waals surface area contributed by atoms with E-state index >= 15 is 0 Å². The normalized spacial score (nSPS) is 15.6. The Labute approximate surface area is 190 Å². The number of amides is 1. The molecule has 1 aliphatic rings. The molecule has 164 valence electrons. The molecule has 1 fully saturated rings. The lowest BCUT2D eigenvalue weighted by molar-refractivity contribution is -0.122. The molecule has 1 amide bonds. The van der Waals surface area contributed by atoms with E-state index in [1.54, 1.807) is 5.51 Å². The summed E-state index contributed by atoms with van der Waals surface area (Å²) in [5.41, 5.74) is 5.45. The highest BCUT2D eigenvalue weighted by Crippen LogP contribution is 2.25. The third-order valence-corrected chi connectivity index (χ3v) is 6.29. The van der Waals surface area contributed by atoms with E-state index in [9.17, 15) is 4.79 Å². The van der Waals surface area contributed by atoms with Crippen LogP contribution in [-0.2, 0) is 16.1 Å². The first-order chi connectivity index (χ1) is 15.8. The maximum atomic E-state index is 13.3. The number of rotatable bonds is 7. The van der Waals surface area contributed by atoms with Crippen molar-refractivity contribution in [2.45, 2.75) is 12.6 Å². The number of para-hydroxylation sites is 2. The fourth-order valence-electron chi connectivity index (χ4n) is 4.10. The molecule has 0 saturated carbocycles. The van der Waals surface area contributed by atoms with Gasteiger partial charge in [-0.25, -0.2) is 9.97 Å². The fraction of sp³-hybridized carbons (Fsp3) is 0.292. The van der Waals surface area contributed by atoms with Gasteiger partial charge in [0.15, 0.2) is 5.82 Å². The van der Waals surface area contributed by atoms with Gasteiger partial charge in [0.1, 0.15) is 12.2 Å². The van der Waals surface area contributed by atoms with Gasteiger partial charge in [-0.15, -0.1) is 11.3 Å². The first-order valence-corrected chi connectivity index (χ1v) is 11.7. The number of morpholine rings is 1. The van der Waals surface area contributed by atoms with Crippen molar-refractivity contribution in [3.63, 3.8) is 0 Å². The molecular formula is C24H25N5O2S. The van der Waals surface area contributed by atoms with Crippen LogP contribution in [0.3, 0.4) is 0 Å². The van der Waals surface area contributed by atoms with Crippen molar-refractivity contribution < 1.29 is 9.53 Å². The third kappa shape index (κ3) is 4.57. The highest BCUT2D eigenvalue weighted by Gasteiger charge is 2.22. The average Bonchev–Trinajstić information content (AvgIpc) is 3.48. The second-order valence-corrected chi connectivity index (χ2v) is 8.55. The van der Waals surface area contributed by atoms with Crippen LogP contribution in [0.5, 0.6) is 0 Å². The Hall–Kier alpha value is -3.07. The van der Waals surface area contributed by atoms with Crippen LogP contribution in [-0.4, -0.2) is 58.2 Å². The summed E-state index contributed by atoms with van der Waals surface area (Å²) < 4.78 is 7.44. The molecule has 32 heavy (non-hydrogen) atoms. The molecule has 1 saturated heterocycles. The average molecular weight is 448 g/mol. The fourth-order valence-corrected chi connectivity index (χ4v) is 4.63. The maximum Gasteiger partial charge on any atom is 0.240 e. The number of ether oxygens (including phenoxy) is 1. The summed E-state index contributed by atoms with van der Waals surface area (Å²) in [4.78, 5) is 24.8. The van der Waals surface area contributed by atoms with Crippen molar-refractivity contribution in [2.75, 3.05) is 32.8 Å². The first kappa shape index (κ1) is 20.8. The predicted octanol–water partition coefficient (Wildman–Crippen LogP) is 3.35. The van der Waals surface area contributed by atoms with Crippen molar-refractivity contribution in [1.82, 2.24) is 24.8 Å². The number of hydrogen-bond acceptors (Lipinski definition) is 6. The summed E-state index contributed by atoms with van der Waals surface area (Å²) in [7, 11) is 0. The van der Waals surface area contributed by atoms with Crippen molar-refractivity contribution in [3.8, 4) is 11.5 Å². The Balaban J connectivity index is 1.40. The van der Waals surface area contributed by atoms with Gasteiger partial charge in [-0.3, -0.25) is 9.69 Å². The van der Waals surface area contributed by atoms with E-state index in [0.717, 1.165) is 55.1 Å². The number of carbonyl (C=O) groups excluding carboxylic acids is 1. The molecule has 2 aromatic heterocycles. The SMILES string of the molecule is O=C(Cn1c(-c2cscn2)nc2ccccc21)N[C@@H](CN1CCOCC1)c1ccccc1. The Morgan fingerprint density at radius 2 is 1.88 bits per heavy atom. The van der Waals surface area contributed by atoms with Gasteiger partial charge in [-0.1, -0.05) is 42.5 Å². The Morgan fingerprint density at radius 1 is 1.09 bits per heavy atom. The third-order valence-electron chi connectivity index (χ3n) is 5.70. The quantitative estimate of drug-likeness (QED) is 0.470. The molecule has 2 aromatic carbocycles. The highest BCUT2D eigenvalue weighted by molar-refractivity contribution is 7.07. The van der Waals surface area contributed by atoms with Gasteiger partial charge in [0.25, 0.3) is 0 Å².